The number of aromatic nitrogens is 1. The van der Waals surface area contributed by atoms with Gasteiger partial charge in [-0.05, 0) is 17.2 Å². The van der Waals surface area contributed by atoms with E-state index in [2.05, 4.69) is 17.6 Å². The molecule has 1 aromatic heterocycles. The Morgan fingerprint density at radius 2 is 1.81 bits per heavy atom. The zero-order chi connectivity index (χ0) is 18.5. The van der Waals surface area contributed by atoms with Crippen LogP contribution in [0.5, 0.6) is 0 Å². The molecule has 5 heteroatoms. The molecule has 1 N–H and O–H groups in total. The van der Waals surface area contributed by atoms with E-state index < -0.39 is 6.04 Å². The number of H-pyrrole nitrogens is 1. The van der Waals surface area contributed by atoms with Crippen molar-refractivity contribution in [2.75, 3.05) is 6.54 Å². The lowest BCUT2D eigenvalue weighted by atomic mass is 9.89. The van der Waals surface area contributed by atoms with Gasteiger partial charge in [-0.25, -0.2) is 4.79 Å². The third kappa shape index (κ3) is 2.18. The van der Waals surface area contributed by atoms with Crippen LogP contribution >= 0.6 is 0 Å². The first-order valence-corrected chi connectivity index (χ1v) is 9.09. The predicted molar refractivity (Wildman–Crippen MR) is 103 cm³/mol. The number of hydrogen-bond donors (Lipinski definition) is 1. The molecule has 1 saturated heterocycles. The lowest BCUT2D eigenvalue weighted by molar-refractivity contribution is -0.128. The van der Waals surface area contributed by atoms with E-state index in [1.54, 1.807) is 11.0 Å². The minimum atomic E-state index is -0.477. The molecule has 3 heterocycles. The molecule has 0 unspecified atom stereocenters. The number of benzene rings is 2. The maximum absolute atomic E-state index is 13.1. The molecule has 0 bridgehead atoms. The van der Waals surface area contributed by atoms with Crippen LogP contribution in [0.4, 0.5) is 4.79 Å². The molecule has 0 radical (unpaired) electrons. The Labute approximate surface area is 156 Å². The second kappa shape index (κ2) is 5.84. The monoisotopic (exact) mass is 357 g/mol. The van der Waals surface area contributed by atoms with Crippen LogP contribution in [0.3, 0.4) is 0 Å². The van der Waals surface area contributed by atoms with Crippen molar-refractivity contribution in [2.24, 2.45) is 0 Å². The van der Waals surface area contributed by atoms with Crippen LogP contribution in [0.15, 0.2) is 67.3 Å². The summed E-state index contributed by atoms with van der Waals surface area (Å²) in [6.45, 7) is 3.92. The maximum Gasteiger partial charge on any atom is 0.328 e. The molecule has 2 aromatic carbocycles. The van der Waals surface area contributed by atoms with Crippen LogP contribution in [-0.4, -0.2) is 39.3 Å². The Morgan fingerprint density at radius 1 is 1.07 bits per heavy atom. The Kier molecular flexibility index (Phi) is 3.44. The molecule has 1 fully saturated rings. The molecule has 3 amide bonds. The second-order valence-corrected chi connectivity index (χ2v) is 7.02. The maximum atomic E-state index is 13.1. The van der Waals surface area contributed by atoms with Crippen molar-refractivity contribution in [1.29, 1.82) is 0 Å². The number of carbonyl (C=O) groups is 2. The molecule has 5 nitrogen and oxygen atoms in total. The summed E-state index contributed by atoms with van der Waals surface area (Å²) in [6.07, 6.45) is 2.13. The van der Waals surface area contributed by atoms with E-state index in [0.29, 0.717) is 6.42 Å². The highest BCUT2D eigenvalue weighted by Gasteiger charge is 2.52. The molecule has 2 aliphatic heterocycles. The van der Waals surface area contributed by atoms with Gasteiger partial charge in [0.15, 0.2) is 0 Å². The Bertz CT molecular complexity index is 1070. The third-order valence-corrected chi connectivity index (χ3v) is 5.56. The minimum absolute atomic E-state index is 0.142. The number of carbonyl (C=O) groups excluding carboxylic acids is 2. The third-order valence-electron chi connectivity index (χ3n) is 5.56. The van der Waals surface area contributed by atoms with Gasteiger partial charge in [0.05, 0.1) is 0 Å². The van der Waals surface area contributed by atoms with Crippen molar-refractivity contribution in [2.45, 2.75) is 18.5 Å². The van der Waals surface area contributed by atoms with Crippen LogP contribution in [0, 0.1) is 0 Å². The fourth-order valence-corrected chi connectivity index (χ4v) is 4.41. The molecule has 0 aliphatic carbocycles. The quantitative estimate of drug-likeness (QED) is 0.575. The molecule has 134 valence electrons. The SMILES string of the molecule is C=CCN1C(=O)[C@@H]2Cc3c([nH]c4ccccc34)[C@@H](c3ccccc3)N2C1=O. The topological polar surface area (TPSA) is 56.4 Å². The number of rotatable bonds is 3. The second-order valence-electron chi connectivity index (χ2n) is 7.02. The van der Waals surface area contributed by atoms with Gasteiger partial charge in [0.1, 0.15) is 12.1 Å². The van der Waals surface area contributed by atoms with E-state index in [4.69, 9.17) is 0 Å². The van der Waals surface area contributed by atoms with Crippen LogP contribution in [0.25, 0.3) is 10.9 Å². The summed E-state index contributed by atoms with van der Waals surface area (Å²) in [4.78, 5) is 32.7. The van der Waals surface area contributed by atoms with Crippen molar-refractivity contribution in [3.05, 3.63) is 84.1 Å². The van der Waals surface area contributed by atoms with E-state index in [0.717, 1.165) is 27.7 Å². The van der Waals surface area contributed by atoms with E-state index in [-0.39, 0.29) is 24.5 Å². The highest BCUT2D eigenvalue weighted by Crippen LogP contribution is 2.43. The van der Waals surface area contributed by atoms with Gasteiger partial charge in [-0.2, -0.15) is 0 Å². The van der Waals surface area contributed by atoms with Crippen LogP contribution in [0.2, 0.25) is 0 Å². The molecule has 5 rings (SSSR count). The Morgan fingerprint density at radius 3 is 2.59 bits per heavy atom. The van der Waals surface area contributed by atoms with E-state index in [1.807, 2.05) is 48.5 Å². The van der Waals surface area contributed by atoms with Gasteiger partial charge in [0.2, 0.25) is 0 Å². The van der Waals surface area contributed by atoms with Gasteiger partial charge < -0.3 is 4.98 Å². The van der Waals surface area contributed by atoms with Crippen molar-refractivity contribution < 1.29 is 9.59 Å². The summed E-state index contributed by atoms with van der Waals surface area (Å²) in [6, 6.07) is 17.0. The zero-order valence-electron chi connectivity index (χ0n) is 14.8. The first-order chi connectivity index (χ1) is 13.2. The Balaban J connectivity index is 1.74. The molecule has 2 atom stereocenters. The first-order valence-electron chi connectivity index (χ1n) is 9.09. The lowest BCUT2D eigenvalue weighted by Gasteiger charge is -2.36. The van der Waals surface area contributed by atoms with E-state index in [1.165, 1.54) is 4.90 Å². The fourth-order valence-electron chi connectivity index (χ4n) is 4.41. The molecule has 2 aliphatic rings. The number of para-hydroxylation sites is 1. The van der Waals surface area contributed by atoms with Crippen molar-refractivity contribution in [1.82, 2.24) is 14.8 Å². The van der Waals surface area contributed by atoms with Gasteiger partial charge in [-0.3, -0.25) is 14.6 Å². The average molecular weight is 357 g/mol. The van der Waals surface area contributed by atoms with Crippen molar-refractivity contribution in [3.63, 3.8) is 0 Å². The van der Waals surface area contributed by atoms with Gasteiger partial charge in [0.25, 0.3) is 5.91 Å². The number of amides is 3. The highest BCUT2D eigenvalue weighted by atomic mass is 16.2. The first kappa shape index (κ1) is 15.9. The molecular formula is C22H19N3O2. The van der Waals surface area contributed by atoms with Crippen molar-refractivity contribution in [3.8, 4) is 0 Å². The van der Waals surface area contributed by atoms with Crippen LogP contribution < -0.4 is 0 Å². The number of urea groups is 1. The van der Waals surface area contributed by atoms with Gasteiger partial charge in [-0.15, -0.1) is 6.58 Å². The lowest BCUT2D eigenvalue weighted by Crippen LogP contribution is -2.44. The normalized spacial score (nSPS) is 21.5. The Hall–Kier alpha value is -3.34. The summed E-state index contributed by atoms with van der Waals surface area (Å²) in [7, 11) is 0. The number of nitrogens with one attached hydrogen (secondary N) is 1. The van der Waals surface area contributed by atoms with E-state index >= 15 is 0 Å². The standard InChI is InChI=1S/C22H19N3O2/c1-2-12-24-21(26)18-13-16-15-10-6-7-11-17(15)23-19(16)20(25(18)22(24)27)14-8-4-3-5-9-14/h2-11,18,20,23H,1,12-13H2/t18-,20+/m0/s1. The van der Waals surface area contributed by atoms with Gasteiger partial charge >= 0.3 is 6.03 Å². The highest BCUT2D eigenvalue weighted by molar-refractivity contribution is 6.06. The molecule has 0 spiro atoms. The number of imide groups is 1. The minimum Gasteiger partial charge on any atom is -0.356 e. The molecule has 0 saturated carbocycles. The number of fused-ring (bicyclic) bond motifs is 4. The van der Waals surface area contributed by atoms with Gasteiger partial charge in [-0.1, -0.05) is 54.6 Å². The largest absolute Gasteiger partial charge is 0.356 e. The average Bonchev–Trinajstić information content (AvgIpc) is 3.18. The summed E-state index contributed by atoms with van der Waals surface area (Å²) in [5, 5.41) is 1.12. The summed E-state index contributed by atoms with van der Waals surface area (Å²) < 4.78 is 0. The summed E-state index contributed by atoms with van der Waals surface area (Å²) >= 11 is 0. The molecule has 3 aromatic rings. The van der Waals surface area contributed by atoms with Crippen LogP contribution in [0.1, 0.15) is 22.9 Å². The van der Waals surface area contributed by atoms with E-state index in [9.17, 15) is 9.59 Å². The predicted octanol–water partition coefficient (Wildman–Crippen LogP) is 3.63. The zero-order valence-corrected chi connectivity index (χ0v) is 14.8. The van der Waals surface area contributed by atoms with Crippen LogP contribution in [-0.2, 0) is 11.2 Å². The molecule has 27 heavy (non-hydrogen) atoms. The number of hydrogen-bond acceptors (Lipinski definition) is 2. The smallest absolute Gasteiger partial charge is 0.328 e. The molecular weight excluding hydrogens is 338 g/mol. The number of nitrogens with zero attached hydrogens (tertiary/aromatic N) is 2. The number of aromatic amines is 1. The summed E-state index contributed by atoms with van der Waals surface area (Å²) in [5.74, 6) is -0.142. The summed E-state index contributed by atoms with van der Waals surface area (Å²) in [5.41, 5.74) is 4.16. The fraction of sp³-hybridized carbons (Fsp3) is 0.182. The van der Waals surface area contributed by atoms with Gasteiger partial charge in [0, 0.05) is 29.6 Å². The van der Waals surface area contributed by atoms with Crippen molar-refractivity contribution >= 4 is 22.8 Å².